The molecule has 5 nitrogen and oxygen atoms in total. The molecule has 1 amide bonds. The van der Waals surface area contributed by atoms with Crippen LogP contribution in [-0.4, -0.2) is 55.7 Å². The standard InChI is InChI=1S/C12H25N3O2/c1-3-4-5-14-12(16)10(2)15-6-7-17-9-11(15)8-13/h10-11H,3-9,13H2,1-2H3,(H,14,16). The fourth-order valence-electron chi connectivity index (χ4n) is 2.07. The second-order valence-electron chi connectivity index (χ2n) is 4.52. The highest BCUT2D eigenvalue weighted by Gasteiger charge is 2.29. The maximum absolute atomic E-state index is 11.9. The van der Waals surface area contributed by atoms with Crippen molar-refractivity contribution >= 4 is 5.91 Å². The number of ether oxygens (including phenoxy) is 1. The van der Waals surface area contributed by atoms with Crippen LogP contribution in [0.25, 0.3) is 0 Å². The molecule has 0 spiro atoms. The number of nitrogens with one attached hydrogen (secondary N) is 1. The van der Waals surface area contributed by atoms with E-state index in [-0.39, 0.29) is 18.0 Å². The maximum atomic E-state index is 11.9. The average Bonchev–Trinajstić information content (AvgIpc) is 2.38. The average molecular weight is 243 g/mol. The minimum Gasteiger partial charge on any atom is -0.378 e. The summed E-state index contributed by atoms with van der Waals surface area (Å²) in [6, 6.07) is 0.0416. The third kappa shape index (κ3) is 4.26. The largest absolute Gasteiger partial charge is 0.378 e. The van der Waals surface area contributed by atoms with Crippen molar-refractivity contribution in [1.29, 1.82) is 0 Å². The van der Waals surface area contributed by atoms with Crippen LogP contribution in [0.2, 0.25) is 0 Å². The van der Waals surface area contributed by atoms with Crippen LogP contribution in [0.1, 0.15) is 26.7 Å². The smallest absolute Gasteiger partial charge is 0.237 e. The molecule has 2 atom stereocenters. The highest BCUT2D eigenvalue weighted by Crippen LogP contribution is 2.10. The van der Waals surface area contributed by atoms with E-state index in [1.165, 1.54) is 0 Å². The van der Waals surface area contributed by atoms with Crippen LogP contribution >= 0.6 is 0 Å². The van der Waals surface area contributed by atoms with E-state index in [4.69, 9.17) is 10.5 Å². The lowest BCUT2D eigenvalue weighted by Gasteiger charge is -2.38. The van der Waals surface area contributed by atoms with Gasteiger partial charge in [-0.25, -0.2) is 0 Å². The Balaban J connectivity index is 2.42. The summed E-state index contributed by atoms with van der Waals surface area (Å²) in [4.78, 5) is 14.1. The Kier molecular flexibility index (Phi) is 6.47. The van der Waals surface area contributed by atoms with Crippen LogP contribution in [-0.2, 0) is 9.53 Å². The first kappa shape index (κ1) is 14.4. The number of carbonyl (C=O) groups excluding carboxylic acids is 1. The van der Waals surface area contributed by atoms with E-state index < -0.39 is 0 Å². The van der Waals surface area contributed by atoms with Crippen molar-refractivity contribution in [3.8, 4) is 0 Å². The monoisotopic (exact) mass is 243 g/mol. The van der Waals surface area contributed by atoms with Gasteiger partial charge in [-0.15, -0.1) is 0 Å². The predicted molar refractivity (Wildman–Crippen MR) is 67.7 cm³/mol. The van der Waals surface area contributed by atoms with Crippen molar-refractivity contribution in [2.45, 2.75) is 38.8 Å². The lowest BCUT2D eigenvalue weighted by molar-refractivity contribution is -0.129. The highest BCUT2D eigenvalue weighted by molar-refractivity contribution is 5.81. The Morgan fingerprint density at radius 1 is 1.65 bits per heavy atom. The summed E-state index contributed by atoms with van der Waals surface area (Å²) in [5.41, 5.74) is 5.70. The van der Waals surface area contributed by atoms with Crippen molar-refractivity contribution in [2.24, 2.45) is 5.73 Å². The van der Waals surface area contributed by atoms with Gasteiger partial charge in [0.05, 0.1) is 19.3 Å². The molecule has 0 aromatic heterocycles. The fourth-order valence-corrected chi connectivity index (χ4v) is 2.07. The van der Waals surface area contributed by atoms with Gasteiger partial charge < -0.3 is 15.8 Å². The summed E-state index contributed by atoms with van der Waals surface area (Å²) in [5.74, 6) is 0.0961. The van der Waals surface area contributed by atoms with Gasteiger partial charge in [0.15, 0.2) is 0 Å². The quantitative estimate of drug-likeness (QED) is 0.642. The molecule has 0 aromatic carbocycles. The van der Waals surface area contributed by atoms with Crippen molar-refractivity contribution in [3.63, 3.8) is 0 Å². The van der Waals surface area contributed by atoms with E-state index in [2.05, 4.69) is 17.1 Å². The molecule has 17 heavy (non-hydrogen) atoms. The Morgan fingerprint density at radius 3 is 3.06 bits per heavy atom. The molecular weight excluding hydrogens is 218 g/mol. The molecule has 1 saturated heterocycles. The van der Waals surface area contributed by atoms with Gasteiger partial charge >= 0.3 is 0 Å². The van der Waals surface area contributed by atoms with Crippen LogP contribution in [0.4, 0.5) is 0 Å². The van der Waals surface area contributed by atoms with Crippen LogP contribution in [0.5, 0.6) is 0 Å². The van der Waals surface area contributed by atoms with Crippen molar-refractivity contribution in [2.75, 3.05) is 32.8 Å². The fraction of sp³-hybridized carbons (Fsp3) is 0.917. The molecule has 1 rings (SSSR count). The summed E-state index contributed by atoms with van der Waals surface area (Å²) in [6.45, 7) is 7.44. The zero-order chi connectivity index (χ0) is 12.7. The Hall–Kier alpha value is -0.650. The molecule has 0 aromatic rings. The van der Waals surface area contributed by atoms with Crippen LogP contribution < -0.4 is 11.1 Å². The van der Waals surface area contributed by atoms with Gasteiger partial charge in [0, 0.05) is 25.7 Å². The van der Waals surface area contributed by atoms with Crippen LogP contribution in [0.3, 0.4) is 0 Å². The van der Waals surface area contributed by atoms with E-state index in [1.807, 2.05) is 6.92 Å². The van der Waals surface area contributed by atoms with Gasteiger partial charge in [0.1, 0.15) is 0 Å². The first-order chi connectivity index (χ1) is 8.20. The molecular formula is C12H25N3O2. The number of unbranched alkanes of at least 4 members (excludes halogenated alkanes) is 1. The lowest BCUT2D eigenvalue weighted by atomic mass is 10.1. The number of carbonyl (C=O) groups is 1. The molecule has 1 fully saturated rings. The van der Waals surface area contributed by atoms with E-state index in [0.717, 1.165) is 25.9 Å². The Bertz CT molecular complexity index is 236. The van der Waals surface area contributed by atoms with Gasteiger partial charge in [-0.3, -0.25) is 9.69 Å². The maximum Gasteiger partial charge on any atom is 0.237 e. The summed E-state index contributed by atoms with van der Waals surface area (Å²) in [7, 11) is 0. The topological polar surface area (TPSA) is 67.6 Å². The van der Waals surface area contributed by atoms with Crippen LogP contribution in [0, 0.1) is 0 Å². The molecule has 100 valence electrons. The molecule has 0 radical (unpaired) electrons. The molecule has 2 unspecified atom stereocenters. The number of morpholine rings is 1. The van der Waals surface area contributed by atoms with Gasteiger partial charge in [-0.05, 0) is 13.3 Å². The summed E-state index contributed by atoms with van der Waals surface area (Å²) in [5, 5.41) is 2.96. The number of rotatable bonds is 6. The zero-order valence-corrected chi connectivity index (χ0v) is 10.9. The summed E-state index contributed by atoms with van der Waals surface area (Å²) >= 11 is 0. The van der Waals surface area contributed by atoms with E-state index in [1.54, 1.807) is 0 Å². The Morgan fingerprint density at radius 2 is 2.41 bits per heavy atom. The highest BCUT2D eigenvalue weighted by atomic mass is 16.5. The Labute approximate surface area is 104 Å². The minimum atomic E-state index is -0.121. The molecule has 1 heterocycles. The van der Waals surface area contributed by atoms with E-state index in [9.17, 15) is 4.79 Å². The molecule has 5 heteroatoms. The van der Waals surface area contributed by atoms with Crippen molar-refractivity contribution in [1.82, 2.24) is 10.2 Å². The minimum absolute atomic E-state index is 0.0961. The lowest BCUT2D eigenvalue weighted by Crippen LogP contribution is -2.57. The van der Waals surface area contributed by atoms with Gasteiger partial charge in [-0.2, -0.15) is 0 Å². The van der Waals surface area contributed by atoms with Gasteiger partial charge in [0.2, 0.25) is 5.91 Å². The number of hydrogen-bond acceptors (Lipinski definition) is 4. The van der Waals surface area contributed by atoms with E-state index >= 15 is 0 Å². The molecule has 0 aliphatic carbocycles. The van der Waals surface area contributed by atoms with Gasteiger partial charge in [-0.1, -0.05) is 13.3 Å². The normalized spacial score (nSPS) is 23.4. The van der Waals surface area contributed by atoms with Crippen LogP contribution in [0.15, 0.2) is 0 Å². The third-order valence-electron chi connectivity index (χ3n) is 3.25. The molecule has 0 saturated carbocycles. The zero-order valence-electron chi connectivity index (χ0n) is 10.9. The third-order valence-corrected chi connectivity index (χ3v) is 3.25. The SMILES string of the molecule is CCCCNC(=O)C(C)N1CCOCC1CN. The van der Waals surface area contributed by atoms with Crippen molar-refractivity contribution < 1.29 is 9.53 Å². The summed E-state index contributed by atoms with van der Waals surface area (Å²) in [6.07, 6.45) is 2.12. The number of hydrogen-bond donors (Lipinski definition) is 2. The molecule has 1 aliphatic heterocycles. The number of nitrogens with two attached hydrogens (primary N) is 1. The van der Waals surface area contributed by atoms with E-state index in [0.29, 0.717) is 19.8 Å². The second-order valence-corrected chi connectivity index (χ2v) is 4.52. The predicted octanol–water partition coefficient (Wildman–Crippen LogP) is -0.0493. The number of nitrogens with zero attached hydrogens (tertiary/aromatic N) is 1. The first-order valence-electron chi connectivity index (χ1n) is 6.52. The van der Waals surface area contributed by atoms with Gasteiger partial charge in [0.25, 0.3) is 0 Å². The second kappa shape index (κ2) is 7.63. The molecule has 3 N–H and O–H groups in total. The van der Waals surface area contributed by atoms with Crippen molar-refractivity contribution in [3.05, 3.63) is 0 Å². The number of amides is 1. The molecule has 0 bridgehead atoms. The molecule has 1 aliphatic rings. The first-order valence-corrected chi connectivity index (χ1v) is 6.52. The summed E-state index contributed by atoms with van der Waals surface area (Å²) < 4.78 is 5.38.